The largest absolute Gasteiger partial charge is 0.465 e. The summed E-state index contributed by atoms with van der Waals surface area (Å²) in [6.45, 7) is 5.53. The van der Waals surface area contributed by atoms with Crippen LogP contribution in [-0.2, 0) is 14.3 Å². The molecule has 2 aromatic carbocycles. The maximum Gasteiger partial charge on any atom is 0.326 e. The second-order valence-corrected chi connectivity index (χ2v) is 7.17. The molecule has 0 saturated heterocycles. The van der Waals surface area contributed by atoms with E-state index in [4.69, 9.17) is 14.2 Å². The molecule has 2 aliphatic heterocycles. The summed E-state index contributed by atoms with van der Waals surface area (Å²) in [6, 6.07) is 8.61. The molecule has 2 aromatic rings. The van der Waals surface area contributed by atoms with Crippen LogP contribution in [0, 0.1) is 13.8 Å². The number of nitrogens with zero attached hydrogens (tertiary/aromatic N) is 2. The van der Waals surface area contributed by atoms with Crippen LogP contribution in [0.4, 0.5) is 11.4 Å². The molecule has 0 bridgehead atoms. The van der Waals surface area contributed by atoms with E-state index < -0.39 is 5.97 Å². The van der Waals surface area contributed by atoms with E-state index >= 15 is 0 Å². The second-order valence-electron chi connectivity index (χ2n) is 7.17. The van der Waals surface area contributed by atoms with Gasteiger partial charge in [-0.3, -0.25) is 24.2 Å². The van der Waals surface area contributed by atoms with Gasteiger partial charge >= 0.3 is 5.97 Å². The lowest BCUT2D eigenvalue weighted by Crippen LogP contribution is -2.50. The van der Waals surface area contributed by atoms with Gasteiger partial charge in [0.15, 0.2) is 11.5 Å². The number of hydrogen-bond donors (Lipinski definition) is 0. The van der Waals surface area contributed by atoms with E-state index in [1.807, 2.05) is 26.0 Å². The lowest BCUT2D eigenvalue weighted by molar-refractivity contribution is -0.142. The zero-order valence-corrected chi connectivity index (χ0v) is 17.1. The van der Waals surface area contributed by atoms with Gasteiger partial charge in [0.25, 0.3) is 5.91 Å². The van der Waals surface area contributed by atoms with Crippen LogP contribution >= 0.6 is 0 Å². The van der Waals surface area contributed by atoms with E-state index in [1.54, 1.807) is 25.1 Å². The monoisotopic (exact) mass is 410 g/mol. The number of aryl methyl sites for hydroxylation is 2. The molecule has 0 N–H and O–H groups in total. The van der Waals surface area contributed by atoms with E-state index in [2.05, 4.69) is 0 Å². The van der Waals surface area contributed by atoms with E-state index in [-0.39, 0.29) is 38.3 Å². The summed E-state index contributed by atoms with van der Waals surface area (Å²) < 4.78 is 15.7. The fourth-order valence-electron chi connectivity index (χ4n) is 3.53. The average Bonchev–Trinajstić information content (AvgIpc) is 3.19. The van der Waals surface area contributed by atoms with Crippen molar-refractivity contribution in [3.63, 3.8) is 0 Å². The van der Waals surface area contributed by atoms with E-state index in [0.29, 0.717) is 28.4 Å². The third-order valence-corrected chi connectivity index (χ3v) is 5.22. The molecule has 0 atom stereocenters. The van der Waals surface area contributed by atoms with Crippen LogP contribution < -0.4 is 19.3 Å². The highest BCUT2D eigenvalue weighted by atomic mass is 16.7. The number of rotatable bonds is 4. The number of hydrogen-bond acceptors (Lipinski definition) is 6. The van der Waals surface area contributed by atoms with Gasteiger partial charge in [0, 0.05) is 5.56 Å². The van der Waals surface area contributed by atoms with Gasteiger partial charge in [-0.2, -0.15) is 0 Å². The fourth-order valence-corrected chi connectivity index (χ4v) is 3.53. The number of carbonyl (C=O) groups excluding carboxylic acids is 3. The van der Waals surface area contributed by atoms with Crippen LogP contribution in [0.15, 0.2) is 30.3 Å². The SMILES string of the molecule is CCOC(=O)CN1C(=O)CN(C(=O)c2ccc3c(c2)OCO3)c2cc(C)c(C)cc21. The van der Waals surface area contributed by atoms with Crippen molar-refractivity contribution >= 4 is 29.2 Å². The van der Waals surface area contributed by atoms with Crippen molar-refractivity contribution in [3.8, 4) is 11.5 Å². The van der Waals surface area contributed by atoms with Crippen molar-refractivity contribution in [2.45, 2.75) is 20.8 Å². The number of amides is 2. The number of anilines is 2. The van der Waals surface area contributed by atoms with Crippen LogP contribution in [0.1, 0.15) is 28.4 Å². The highest BCUT2D eigenvalue weighted by Crippen LogP contribution is 2.38. The predicted octanol–water partition coefficient (Wildman–Crippen LogP) is 2.59. The summed E-state index contributed by atoms with van der Waals surface area (Å²) >= 11 is 0. The molecule has 2 heterocycles. The van der Waals surface area contributed by atoms with Crippen molar-refractivity contribution in [1.29, 1.82) is 0 Å². The van der Waals surface area contributed by atoms with E-state index in [1.165, 1.54) is 9.80 Å². The second kappa shape index (κ2) is 7.70. The molecule has 156 valence electrons. The van der Waals surface area contributed by atoms with Gasteiger partial charge in [-0.1, -0.05) is 0 Å². The molecule has 0 spiro atoms. The number of carbonyl (C=O) groups is 3. The van der Waals surface area contributed by atoms with Crippen molar-refractivity contribution in [1.82, 2.24) is 0 Å². The Hall–Kier alpha value is -3.55. The zero-order valence-electron chi connectivity index (χ0n) is 17.1. The first kappa shape index (κ1) is 19.8. The number of esters is 1. The van der Waals surface area contributed by atoms with Gasteiger partial charge in [-0.25, -0.2) is 0 Å². The molecule has 2 amide bonds. The minimum absolute atomic E-state index is 0.110. The quantitative estimate of drug-likeness (QED) is 0.721. The van der Waals surface area contributed by atoms with Gasteiger partial charge in [-0.05, 0) is 62.2 Å². The van der Waals surface area contributed by atoms with Crippen LogP contribution in [0.5, 0.6) is 11.5 Å². The Balaban J connectivity index is 1.72. The number of fused-ring (bicyclic) bond motifs is 2. The maximum atomic E-state index is 13.3. The molecule has 0 aromatic heterocycles. The molecule has 0 radical (unpaired) electrons. The van der Waals surface area contributed by atoms with Crippen molar-refractivity contribution in [3.05, 3.63) is 47.0 Å². The first-order valence-electron chi connectivity index (χ1n) is 9.67. The van der Waals surface area contributed by atoms with Crippen LogP contribution in [-0.4, -0.2) is 44.3 Å². The Morgan fingerprint density at radius 1 is 1.03 bits per heavy atom. The standard InChI is InChI=1S/C22H22N2O6/c1-4-28-21(26)11-23-16-7-13(2)14(3)8-17(16)24(10-20(23)25)22(27)15-5-6-18-19(9-15)30-12-29-18/h5-9H,4,10-12H2,1-3H3. The molecule has 0 aliphatic carbocycles. The van der Waals surface area contributed by atoms with Gasteiger partial charge in [0.1, 0.15) is 13.1 Å². The van der Waals surface area contributed by atoms with Crippen LogP contribution in [0.2, 0.25) is 0 Å². The van der Waals surface area contributed by atoms with Gasteiger partial charge in [-0.15, -0.1) is 0 Å². The predicted molar refractivity (Wildman–Crippen MR) is 109 cm³/mol. The van der Waals surface area contributed by atoms with Crippen molar-refractivity contribution in [2.75, 3.05) is 36.3 Å². The number of ether oxygens (including phenoxy) is 3. The molecule has 8 heteroatoms. The lowest BCUT2D eigenvalue weighted by Gasteiger charge is -2.36. The first-order valence-corrected chi connectivity index (χ1v) is 9.67. The summed E-state index contributed by atoms with van der Waals surface area (Å²) in [5.41, 5.74) is 3.40. The average molecular weight is 410 g/mol. The topological polar surface area (TPSA) is 85.4 Å². The third kappa shape index (κ3) is 3.45. The summed E-state index contributed by atoms with van der Waals surface area (Å²) in [6.07, 6.45) is 0. The van der Waals surface area contributed by atoms with Gasteiger partial charge in [0.2, 0.25) is 12.7 Å². The zero-order chi connectivity index (χ0) is 21.4. The molecule has 0 unspecified atom stereocenters. The third-order valence-electron chi connectivity index (χ3n) is 5.22. The van der Waals surface area contributed by atoms with Gasteiger partial charge < -0.3 is 14.2 Å². The highest BCUT2D eigenvalue weighted by Gasteiger charge is 2.35. The van der Waals surface area contributed by atoms with Crippen LogP contribution in [0.25, 0.3) is 0 Å². The summed E-state index contributed by atoms with van der Waals surface area (Å²) in [5.74, 6) is -0.109. The Kier molecular flexibility index (Phi) is 5.07. The maximum absolute atomic E-state index is 13.3. The Bertz CT molecular complexity index is 1050. The molecular formula is C22H22N2O6. The fraction of sp³-hybridized carbons (Fsp3) is 0.318. The van der Waals surface area contributed by atoms with Crippen molar-refractivity contribution < 1.29 is 28.6 Å². The Labute approximate surface area is 173 Å². The van der Waals surface area contributed by atoms with Crippen LogP contribution in [0.3, 0.4) is 0 Å². The summed E-state index contributed by atoms with van der Waals surface area (Å²) in [4.78, 5) is 41.1. The van der Waals surface area contributed by atoms with Crippen molar-refractivity contribution in [2.24, 2.45) is 0 Å². The molecule has 0 fully saturated rings. The first-order chi connectivity index (χ1) is 14.4. The minimum Gasteiger partial charge on any atom is -0.465 e. The lowest BCUT2D eigenvalue weighted by atomic mass is 10.0. The van der Waals surface area contributed by atoms with E-state index in [0.717, 1.165) is 11.1 Å². The molecular weight excluding hydrogens is 388 g/mol. The smallest absolute Gasteiger partial charge is 0.326 e. The molecule has 30 heavy (non-hydrogen) atoms. The Morgan fingerprint density at radius 2 is 1.73 bits per heavy atom. The molecule has 4 rings (SSSR count). The molecule has 2 aliphatic rings. The van der Waals surface area contributed by atoms with Gasteiger partial charge in [0.05, 0.1) is 18.0 Å². The highest BCUT2D eigenvalue weighted by molar-refractivity contribution is 6.17. The molecule has 0 saturated carbocycles. The Morgan fingerprint density at radius 3 is 2.47 bits per heavy atom. The molecule has 8 nitrogen and oxygen atoms in total. The summed E-state index contributed by atoms with van der Waals surface area (Å²) in [5, 5.41) is 0. The number of benzene rings is 2. The minimum atomic E-state index is -0.495. The van der Waals surface area contributed by atoms with E-state index in [9.17, 15) is 14.4 Å². The normalized spacial score (nSPS) is 14.6. The summed E-state index contributed by atoms with van der Waals surface area (Å²) in [7, 11) is 0.